The van der Waals surface area contributed by atoms with Crippen molar-refractivity contribution in [3.8, 4) is 0 Å². The van der Waals surface area contributed by atoms with Gasteiger partial charge in [-0.3, -0.25) is 4.79 Å². The Morgan fingerprint density at radius 2 is 1.89 bits per heavy atom. The van der Waals surface area contributed by atoms with E-state index in [2.05, 4.69) is 5.32 Å². The number of likely N-dealkylation sites (tertiary alicyclic amines) is 1. The molecule has 1 N–H and O–H groups in total. The summed E-state index contributed by atoms with van der Waals surface area (Å²) < 4.78 is 50.0. The summed E-state index contributed by atoms with van der Waals surface area (Å²) in [5.41, 5.74) is 0. The monoisotopic (exact) mass is 290 g/mol. The lowest BCUT2D eigenvalue weighted by Crippen LogP contribution is -2.52. The van der Waals surface area contributed by atoms with E-state index in [4.69, 9.17) is 0 Å². The molecule has 0 aromatic heterocycles. The smallest absolute Gasteiger partial charge is 0.337 e. The number of fused-ring (bicyclic) bond motifs is 1. The molecule has 18 heavy (non-hydrogen) atoms. The van der Waals surface area contributed by atoms with Gasteiger partial charge in [-0.25, -0.2) is 8.78 Å². The van der Waals surface area contributed by atoms with E-state index in [-0.39, 0.29) is 31.4 Å². The van der Waals surface area contributed by atoms with Crippen LogP contribution >= 0.6 is 12.4 Å². The van der Waals surface area contributed by atoms with E-state index < -0.39 is 18.3 Å². The average molecular weight is 291 g/mol. The van der Waals surface area contributed by atoms with Crippen molar-refractivity contribution in [3.63, 3.8) is 0 Å². The van der Waals surface area contributed by atoms with Crippen LogP contribution in [0.25, 0.3) is 0 Å². The highest BCUT2D eigenvalue weighted by molar-refractivity contribution is 5.85. The van der Waals surface area contributed by atoms with Crippen molar-refractivity contribution in [3.05, 3.63) is 0 Å². The van der Waals surface area contributed by atoms with Gasteiger partial charge < -0.3 is 10.2 Å². The summed E-state index contributed by atoms with van der Waals surface area (Å²) in [6.45, 7) is 1.77. The third-order valence-electron chi connectivity index (χ3n) is 3.55. The van der Waals surface area contributed by atoms with Crippen molar-refractivity contribution in [1.29, 1.82) is 0 Å². The van der Waals surface area contributed by atoms with E-state index in [0.29, 0.717) is 18.9 Å². The van der Waals surface area contributed by atoms with Gasteiger partial charge in [0.2, 0.25) is 0 Å². The Hall–Kier alpha value is -0.560. The number of nitrogens with zero attached hydrogens (tertiary/aromatic N) is 1. The van der Waals surface area contributed by atoms with Gasteiger partial charge in [-0.05, 0) is 31.3 Å². The summed E-state index contributed by atoms with van der Waals surface area (Å²) in [6.07, 6.45) is -3.34. The number of nitrogens with one attached hydrogen (secondary N) is 1. The Morgan fingerprint density at radius 3 is 2.50 bits per heavy atom. The lowest BCUT2D eigenvalue weighted by atomic mass is 9.88. The molecular weight excluding hydrogens is 276 g/mol. The fourth-order valence-electron chi connectivity index (χ4n) is 2.52. The number of carbonyl (C=O) groups is 1. The Bertz CT molecular complexity index is 316. The van der Waals surface area contributed by atoms with Crippen molar-refractivity contribution in [2.24, 2.45) is 11.8 Å². The van der Waals surface area contributed by atoms with Gasteiger partial charge in [0, 0.05) is 13.1 Å². The number of halogens is 5. The third-order valence-corrected chi connectivity index (χ3v) is 3.55. The lowest BCUT2D eigenvalue weighted by Gasteiger charge is -2.35. The minimum absolute atomic E-state index is 0. The predicted octanol–water partition coefficient (Wildman–Crippen LogP) is 1.38. The molecule has 2 aliphatic rings. The first kappa shape index (κ1) is 15.5. The zero-order valence-electron chi connectivity index (χ0n) is 9.54. The topological polar surface area (TPSA) is 32.3 Å². The number of hydrogen-bond acceptors (Lipinski definition) is 2. The van der Waals surface area contributed by atoms with Crippen LogP contribution in [0.1, 0.15) is 6.42 Å². The van der Waals surface area contributed by atoms with E-state index in [1.807, 2.05) is 0 Å². The molecule has 3 nitrogen and oxygen atoms in total. The summed E-state index contributed by atoms with van der Waals surface area (Å²) in [5, 5.41) is 3.11. The average Bonchev–Trinajstić information content (AvgIpc) is 2.74. The second-order valence-corrected chi connectivity index (χ2v) is 4.64. The fourth-order valence-corrected chi connectivity index (χ4v) is 2.52. The van der Waals surface area contributed by atoms with Gasteiger partial charge in [-0.2, -0.15) is 8.78 Å². The molecule has 0 aliphatic carbocycles. The van der Waals surface area contributed by atoms with Gasteiger partial charge in [0.25, 0.3) is 5.91 Å². The Morgan fingerprint density at radius 1 is 1.28 bits per heavy atom. The number of carbonyl (C=O) groups excluding carboxylic acids is 1. The number of alkyl halides is 4. The Balaban J connectivity index is 0.00000162. The zero-order chi connectivity index (χ0) is 12.6. The second kappa shape index (κ2) is 5.61. The maximum atomic E-state index is 12.9. The summed E-state index contributed by atoms with van der Waals surface area (Å²) >= 11 is 0. The van der Waals surface area contributed by atoms with E-state index in [1.54, 1.807) is 0 Å². The maximum absolute atomic E-state index is 12.9. The molecule has 0 radical (unpaired) electrons. The van der Waals surface area contributed by atoms with E-state index in [1.165, 1.54) is 0 Å². The fraction of sp³-hybridized carbons (Fsp3) is 0.900. The number of hydrogen-bond donors (Lipinski definition) is 1. The van der Waals surface area contributed by atoms with Crippen LogP contribution in [0.2, 0.25) is 0 Å². The normalized spacial score (nSPS) is 27.9. The quantitative estimate of drug-likeness (QED) is 0.779. The SMILES string of the molecule is Cl.O=C(N1CCC2CNCC2C1)C(F)(F)C(F)F. The summed E-state index contributed by atoms with van der Waals surface area (Å²) in [7, 11) is 0. The lowest BCUT2D eigenvalue weighted by molar-refractivity contribution is -0.182. The summed E-state index contributed by atoms with van der Waals surface area (Å²) in [5.74, 6) is -5.81. The van der Waals surface area contributed by atoms with Crippen LogP contribution in [0.4, 0.5) is 17.6 Å². The molecule has 2 fully saturated rings. The zero-order valence-corrected chi connectivity index (χ0v) is 10.4. The second-order valence-electron chi connectivity index (χ2n) is 4.64. The van der Waals surface area contributed by atoms with Gasteiger partial charge in [0.15, 0.2) is 0 Å². The van der Waals surface area contributed by atoms with Crippen molar-refractivity contribution < 1.29 is 22.4 Å². The largest absolute Gasteiger partial charge is 0.383 e. The van der Waals surface area contributed by atoms with E-state index in [0.717, 1.165) is 11.4 Å². The first-order valence-electron chi connectivity index (χ1n) is 5.59. The van der Waals surface area contributed by atoms with Gasteiger partial charge in [-0.1, -0.05) is 0 Å². The van der Waals surface area contributed by atoms with Gasteiger partial charge in [0.05, 0.1) is 0 Å². The molecule has 106 valence electrons. The molecule has 2 saturated heterocycles. The molecule has 2 aliphatic heterocycles. The van der Waals surface area contributed by atoms with Crippen LogP contribution in [-0.4, -0.2) is 49.3 Å². The first-order chi connectivity index (χ1) is 7.93. The highest BCUT2D eigenvalue weighted by atomic mass is 35.5. The molecule has 0 aromatic carbocycles. The molecule has 1 amide bonds. The first-order valence-corrected chi connectivity index (χ1v) is 5.59. The molecule has 2 unspecified atom stereocenters. The Labute approximate surface area is 108 Å². The van der Waals surface area contributed by atoms with Crippen LogP contribution < -0.4 is 5.32 Å². The minimum Gasteiger partial charge on any atom is -0.337 e. The summed E-state index contributed by atoms with van der Waals surface area (Å²) in [4.78, 5) is 12.2. The van der Waals surface area contributed by atoms with Crippen LogP contribution in [0, 0.1) is 11.8 Å². The van der Waals surface area contributed by atoms with Gasteiger partial charge >= 0.3 is 12.3 Å². The maximum Gasteiger partial charge on any atom is 0.383 e. The van der Waals surface area contributed by atoms with Gasteiger partial charge in [-0.15, -0.1) is 12.4 Å². The van der Waals surface area contributed by atoms with Crippen molar-refractivity contribution in [1.82, 2.24) is 10.2 Å². The molecule has 8 heteroatoms. The van der Waals surface area contributed by atoms with Crippen molar-refractivity contribution in [2.45, 2.75) is 18.8 Å². The molecule has 2 atom stereocenters. The van der Waals surface area contributed by atoms with Crippen LogP contribution in [0.3, 0.4) is 0 Å². The van der Waals surface area contributed by atoms with Crippen LogP contribution in [0.5, 0.6) is 0 Å². The van der Waals surface area contributed by atoms with Crippen LogP contribution in [0.15, 0.2) is 0 Å². The van der Waals surface area contributed by atoms with E-state index >= 15 is 0 Å². The van der Waals surface area contributed by atoms with Gasteiger partial charge in [0.1, 0.15) is 0 Å². The van der Waals surface area contributed by atoms with Crippen molar-refractivity contribution in [2.75, 3.05) is 26.2 Å². The number of amides is 1. The molecule has 0 saturated carbocycles. The minimum atomic E-state index is -4.56. The number of piperidine rings is 1. The highest BCUT2D eigenvalue weighted by Crippen LogP contribution is 2.31. The molecule has 2 heterocycles. The third kappa shape index (κ3) is 2.71. The van der Waals surface area contributed by atoms with E-state index in [9.17, 15) is 22.4 Å². The highest BCUT2D eigenvalue weighted by Gasteiger charge is 2.52. The standard InChI is InChI=1S/C10H14F4N2O.ClH/c11-8(12)10(13,14)9(17)16-2-1-6-3-15-4-7(6)5-16;/h6-8,15H,1-5H2;1H. The molecule has 0 aromatic rings. The molecule has 0 bridgehead atoms. The molecular formula is C10H15ClF4N2O. The number of rotatable bonds is 2. The predicted molar refractivity (Wildman–Crippen MR) is 59.2 cm³/mol. The van der Waals surface area contributed by atoms with Crippen molar-refractivity contribution >= 4 is 18.3 Å². The summed E-state index contributed by atoms with van der Waals surface area (Å²) in [6, 6.07) is 0. The Kier molecular flexibility index (Phi) is 4.83. The van der Waals surface area contributed by atoms with Crippen LogP contribution in [-0.2, 0) is 4.79 Å². The molecule has 2 rings (SSSR count). The molecule has 0 spiro atoms.